The van der Waals surface area contributed by atoms with Gasteiger partial charge in [-0.3, -0.25) is 9.88 Å². The molecule has 0 N–H and O–H groups in total. The molecule has 0 radical (unpaired) electrons. The Bertz CT molecular complexity index is 958. The molecule has 1 atom stereocenters. The van der Waals surface area contributed by atoms with E-state index < -0.39 is 0 Å². The highest BCUT2D eigenvalue weighted by atomic mass is 19.1. The molecular weight excluding hydrogens is 343 g/mol. The maximum atomic E-state index is 13.7. The van der Waals surface area contributed by atoms with E-state index in [2.05, 4.69) is 31.6 Å². The van der Waals surface area contributed by atoms with E-state index in [9.17, 15) is 4.39 Å². The minimum Gasteiger partial charge on any atom is -0.364 e. The molecule has 0 saturated carbocycles. The Hall–Kier alpha value is -2.57. The maximum Gasteiger partial charge on any atom is 0.135 e. The summed E-state index contributed by atoms with van der Waals surface area (Å²) in [6, 6.07) is 10.8. The summed E-state index contributed by atoms with van der Waals surface area (Å²) in [6.07, 6.45) is 6.48. The van der Waals surface area contributed by atoms with Crippen LogP contribution in [0.15, 0.2) is 55.0 Å². The van der Waals surface area contributed by atoms with Crippen LogP contribution in [0.4, 0.5) is 4.39 Å². The third-order valence-corrected chi connectivity index (χ3v) is 5.56. The van der Waals surface area contributed by atoms with Crippen molar-refractivity contribution in [2.75, 3.05) is 13.1 Å². The zero-order valence-corrected chi connectivity index (χ0v) is 15.0. The van der Waals surface area contributed by atoms with E-state index in [-0.39, 0.29) is 11.4 Å². The Morgan fingerprint density at radius 1 is 1.15 bits per heavy atom. The van der Waals surface area contributed by atoms with Gasteiger partial charge in [-0.2, -0.15) is 0 Å². The maximum absolute atomic E-state index is 13.7. The number of nitrogens with zero attached hydrogens (tertiary/aromatic N) is 4. The number of halogens is 1. The van der Waals surface area contributed by atoms with Gasteiger partial charge in [0, 0.05) is 37.6 Å². The zero-order chi connectivity index (χ0) is 18.3. The summed E-state index contributed by atoms with van der Waals surface area (Å²) in [4.78, 5) is 11.0. The number of pyridine rings is 1. The molecule has 2 aromatic heterocycles. The number of likely N-dealkylation sites (tertiary alicyclic amines) is 1. The minimum atomic E-state index is -0.228. The van der Waals surface area contributed by atoms with E-state index in [0.717, 1.165) is 49.7 Å². The van der Waals surface area contributed by atoms with Gasteiger partial charge in [-0.05, 0) is 36.2 Å². The molecular formula is C21H21FN4O. The van der Waals surface area contributed by atoms with Gasteiger partial charge in [0.2, 0.25) is 0 Å². The molecule has 1 fully saturated rings. The van der Waals surface area contributed by atoms with Crippen LogP contribution in [0.3, 0.4) is 0 Å². The average molecular weight is 364 g/mol. The molecule has 5 nitrogen and oxygen atoms in total. The number of fused-ring (bicyclic) bond motifs is 1. The van der Waals surface area contributed by atoms with Gasteiger partial charge >= 0.3 is 0 Å². The van der Waals surface area contributed by atoms with Gasteiger partial charge in [-0.25, -0.2) is 9.37 Å². The lowest BCUT2D eigenvalue weighted by Crippen LogP contribution is -2.44. The van der Waals surface area contributed by atoms with Gasteiger partial charge in [-0.15, -0.1) is 0 Å². The summed E-state index contributed by atoms with van der Waals surface area (Å²) in [5, 5.41) is 0. The number of hydrogen-bond acceptors (Lipinski definition) is 4. The molecule has 0 bridgehead atoms. The zero-order valence-electron chi connectivity index (χ0n) is 15.0. The van der Waals surface area contributed by atoms with Crippen molar-refractivity contribution < 1.29 is 9.13 Å². The molecule has 5 rings (SSSR count). The molecule has 1 spiro atoms. The van der Waals surface area contributed by atoms with E-state index in [4.69, 9.17) is 4.74 Å². The lowest BCUT2D eigenvalue weighted by Gasteiger charge is -2.35. The molecule has 6 heteroatoms. The Balaban J connectivity index is 1.37. The van der Waals surface area contributed by atoms with Crippen LogP contribution in [0, 0.1) is 5.82 Å². The van der Waals surface area contributed by atoms with Crippen molar-refractivity contribution in [3.63, 3.8) is 0 Å². The monoisotopic (exact) mass is 364 g/mol. The number of benzene rings is 1. The third kappa shape index (κ3) is 3.15. The molecule has 27 heavy (non-hydrogen) atoms. The minimum absolute atomic E-state index is 0.206. The smallest absolute Gasteiger partial charge is 0.135 e. The number of aromatic nitrogens is 3. The van der Waals surface area contributed by atoms with Gasteiger partial charge in [-0.1, -0.05) is 12.1 Å². The summed E-state index contributed by atoms with van der Waals surface area (Å²) in [5.74, 6) is 0.682. The van der Waals surface area contributed by atoms with Crippen LogP contribution in [0.25, 0.3) is 11.3 Å². The molecule has 0 unspecified atom stereocenters. The molecule has 0 amide bonds. The Morgan fingerprint density at radius 2 is 2.04 bits per heavy atom. The Kier molecular flexibility index (Phi) is 4.02. The largest absolute Gasteiger partial charge is 0.364 e. The summed E-state index contributed by atoms with van der Waals surface area (Å²) in [5.41, 5.74) is 2.88. The summed E-state index contributed by atoms with van der Waals surface area (Å²) in [7, 11) is 0. The Labute approximate surface area is 157 Å². The molecule has 0 aliphatic carbocycles. The van der Waals surface area contributed by atoms with Gasteiger partial charge in [0.25, 0.3) is 0 Å². The normalized spacial score (nSPS) is 22.3. The van der Waals surface area contributed by atoms with Crippen LogP contribution in [0.1, 0.15) is 17.8 Å². The second kappa shape index (κ2) is 6.55. The molecule has 1 saturated heterocycles. The summed E-state index contributed by atoms with van der Waals surface area (Å²) < 4.78 is 22.2. The first-order valence-corrected chi connectivity index (χ1v) is 9.26. The fourth-order valence-corrected chi connectivity index (χ4v) is 4.19. The van der Waals surface area contributed by atoms with Crippen molar-refractivity contribution in [2.24, 2.45) is 0 Å². The lowest BCUT2D eigenvalue weighted by atomic mass is 10.0. The van der Waals surface area contributed by atoms with Crippen LogP contribution in [-0.4, -0.2) is 38.1 Å². The molecule has 3 aromatic rings. The van der Waals surface area contributed by atoms with Crippen molar-refractivity contribution >= 4 is 0 Å². The first-order valence-electron chi connectivity index (χ1n) is 9.26. The molecule has 2 aliphatic rings. The van der Waals surface area contributed by atoms with E-state index in [1.165, 1.54) is 11.6 Å². The summed E-state index contributed by atoms with van der Waals surface area (Å²) >= 11 is 0. The van der Waals surface area contributed by atoms with Crippen LogP contribution in [0.2, 0.25) is 0 Å². The molecule has 1 aromatic carbocycles. The van der Waals surface area contributed by atoms with E-state index in [1.54, 1.807) is 12.1 Å². The van der Waals surface area contributed by atoms with E-state index >= 15 is 0 Å². The topological polar surface area (TPSA) is 43.2 Å². The third-order valence-electron chi connectivity index (χ3n) is 5.56. The standard InChI is InChI=1S/C21H21FN4O/c22-18-3-1-2-17(10-18)19-11-24-20-13-27-21(15-26(19)20)6-9-25(14-21)12-16-4-7-23-8-5-16/h1-5,7-8,10-11H,6,9,12-15H2/t21-/m0/s1. The van der Waals surface area contributed by atoms with Crippen LogP contribution in [-0.2, 0) is 24.4 Å². The number of hydrogen-bond donors (Lipinski definition) is 0. The SMILES string of the molecule is Fc1cccc(-c2cnc3n2C[C@@]2(CCN(Cc4ccncc4)C2)OC3)c1. The van der Waals surface area contributed by atoms with Gasteiger partial charge < -0.3 is 9.30 Å². The lowest BCUT2D eigenvalue weighted by molar-refractivity contribution is -0.0821. The van der Waals surface area contributed by atoms with Crippen LogP contribution < -0.4 is 0 Å². The van der Waals surface area contributed by atoms with Crippen molar-refractivity contribution in [3.8, 4) is 11.3 Å². The highest BCUT2D eigenvalue weighted by Crippen LogP contribution is 2.35. The number of ether oxygens (including phenoxy) is 1. The molecule has 4 heterocycles. The average Bonchev–Trinajstić information content (AvgIpc) is 3.27. The fourth-order valence-electron chi connectivity index (χ4n) is 4.19. The first-order chi connectivity index (χ1) is 13.2. The number of rotatable bonds is 3. The predicted molar refractivity (Wildman–Crippen MR) is 99.3 cm³/mol. The highest BCUT2D eigenvalue weighted by Gasteiger charge is 2.43. The van der Waals surface area contributed by atoms with Crippen LogP contribution in [0.5, 0.6) is 0 Å². The van der Waals surface area contributed by atoms with Crippen molar-refractivity contribution in [2.45, 2.75) is 31.7 Å². The first kappa shape index (κ1) is 16.6. The van der Waals surface area contributed by atoms with E-state index in [0.29, 0.717) is 6.61 Å². The number of imidazole rings is 1. The predicted octanol–water partition coefficient (Wildman–Crippen LogP) is 3.26. The highest BCUT2D eigenvalue weighted by molar-refractivity contribution is 5.59. The molecule has 138 valence electrons. The quantitative estimate of drug-likeness (QED) is 0.716. The summed E-state index contributed by atoms with van der Waals surface area (Å²) in [6.45, 7) is 4.04. The fraction of sp³-hybridized carbons (Fsp3) is 0.333. The Morgan fingerprint density at radius 3 is 2.89 bits per heavy atom. The van der Waals surface area contributed by atoms with Crippen LogP contribution >= 0.6 is 0 Å². The van der Waals surface area contributed by atoms with Crippen molar-refractivity contribution in [1.82, 2.24) is 19.4 Å². The second-order valence-electron chi connectivity index (χ2n) is 7.44. The van der Waals surface area contributed by atoms with Gasteiger partial charge in [0.05, 0.1) is 18.4 Å². The second-order valence-corrected chi connectivity index (χ2v) is 7.44. The van der Waals surface area contributed by atoms with Crippen molar-refractivity contribution in [1.29, 1.82) is 0 Å². The van der Waals surface area contributed by atoms with Crippen molar-refractivity contribution in [3.05, 3.63) is 72.2 Å². The van der Waals surface area contributed by atoms with Gasteiger partial charge in [0.15, 0.2) is 0 Å². The van der Waals surface area contributed by atoms with Gasteiger partial charge in [0.1, 0.15) is 23.8 Å². The van der Waals surface area contributed by atoms with E-state index in [1.807, 2.05) is 24.7 Å². The molecule has 2 aliphatic heterocycles.